The topological polar surface area (TPSA) is 54.7 Å². The minimum atomic E-state index is 0.698. The van der Waals surface area contributed by atoms with Gasteiger partial charge in [-0.25, -0.2) is 0 Å². The van der Waals surface area contributed by atoms with Crippen LogP contribution in [0.1, 0.15) is 0 Å². The Balaban J connectivity index is 2.53. The molecule has 0 aliphatic heterocycles. The monoisotopic (exact) mass is 165 g/mol. The summed E-state index contributed by atoms with van der Waals surface area (Å²) in [5.41, 5.74) is 8.35. The molecule has 0 unspecified atom stereocenters. The average molecular weight is 165 g/mol. The van der Waals surface area contributed by atoms with Gasteiger partial charge in [0.25, 0.3) is 0 Å². The van der Waals surface area contributed by atoms with Crippen molar-refractivity contribution in [2.24, 2.45) is 0 Å². The molecule has 0 radical (unpaired) electrons. The van der Waals surface area contributed by atoms with Crippen molar-refractivity contribution >= 4 is 17.0 Å². The summed E-state index contributed by atoms with van der Waals surface area (Å²) in [6.07, 6.45) is 1.62. The summed E-state index contributed by atoms with van der Waals surface area (Å²) in [6, 6.07) is 2.01. The van der Waals surface area contributed by atoms with E-state index in [2.05, 4.69) is 10.2 Å². The predicted molar refractivity (Wildman–Crippen MR) is 46.3 cm³/mol. The number of hydrogen-bond donors (Lipinski definition) is 2. The molecule has 56 valence electrons. The molecular formula is C7H7N3S. The number of thiophene rings is 1. The zero-order chi connectivity index (χ0) is 7.68. The summed E-state index contributed by atoms with van der Waals surface area (Å²) in [5.74, 6) is 0. The van der Waals surface area contributed by atoms with E-state index in [0.717, 1.165) is 11.3 Å². The van der Waals surface area contributed by atoms with E-state index >= 15 is 0 Å². The zero-order valence-corrected chi connectivity index (χ0v) is 6.56. The Kier molecular flexibility index (Phi) is 1.40. The Morgan fingerprint density at radius 3 is 3.00 bits per heavy atom. The number of nitrogens with one attached hydrogen (secondary N) is 1. The average Bonchev–Trinajstić information content (AvgIpc) is 2.55. The largest absolute Gasteiger partial charge is 0.396 e. The first-order valence-corrected chi connectivity index (χ1v) is 4.13. The SMILES string of the molecule is Nc1cn[nH]c1-c1ccsc1. The van der Waals surface area contributed by atoms with Crippen molar-refractivity contribution in [3.63, 3.8) is 0 Å². The van der Waals surface area contributed by atoms with E-state index in [1.165, 1.54) is 0 Å². The lowest BCUT2D eigenvalue weighted by Gasteiger charge is -1.91. The van der Waals surface area contributed by atoms with Crippen LogP contribution in [0.15, 0.2) is 23.0 Å². The van der Waals surface area contributed by atoms with E-state index in [9.17, 15) is 0 Å². The molecule has 0 aliphatic carbocycles. The van der Waals surface area contributed by atoms with Gasteiger partial charge in [-0.1, -0.05) is 0 Å². The molecule has 2 rings (SSSR count). The van der Waals surface area contributed by atoms with Gasteiger partial charge in [0.05, 0.1) is 17.6 Å². The predicted octanol–water partition coefficient (Wildman–Crippen LogP) is 1.72. The van der Waals surface area contributed by atoms with Gasteiger partial charge >= 0.3 is 0 Å². The number of H-pyrrole nitrogens is 1. The number of aromatic amines is 1. The number of nitrogen functional groups attached to an aromatic ring is 1. The molecule has 2 aromatic rings. The van der Waals surface area contributed by atoms with Crippen LogP contribution in [0.5, 0.6) is 0 Å². The van der Waals surface area contributed by atoms with Crippen LogP contribution in [0.3, 0.4) is 0 Å². The maximum atomic E-state index is 5.64. The third-order valence-electron chi connectivity index (χ3n) is 1.48. The van der Waals surface area contributed by atoms with Gasteiger partial charge < -0.3 is 5.73 Å². The van der Waals surface area contributed by atoms with Crippen LogP contribution in [0.25, 0.3) is 11.3 Å². The highest BCUT2D eigenvalue weighted by atomic mass is 32.1. The lowest BCUT2D eigenvalue weighted by molar-refractivity contribution is 1.10. The lowest BCUT2D eigenvalue weighted by atomic mass is 10.2. The fourth-order valence-corrected chi connectivity index (χ4v) is 1.58. The second-order valence-corrected chi connectivity index (χ2v) is 2.99. The van der Waals surface area contributed by atoms with Gasteiger partial charge in [0.1, 0.15) is 0 Å². The van der Waals surface area contributed by atoms with Crippen LogP contribution in [0.2, 0.25) is 0 Å². The summed E-state index contributed by atoms with van der Waals surface area (Å²) >= 11 is 1.64. The minimum absolute atomic E-state index is 0.698. The van der Waals surface area contributed by atoms with Gasteiger partial charge in [0.2, 0.25) is 0 Å². The lowest BCUT2D eigenvalue weighted by Crippen LogP contribution is -1.83. The molecule has 0 saturated carbocycles. The smallest absolute Gasteiger partial charge is 0.0888 e. The standard InChI is InChI=1S/C7H7N3S/c8-6-3-9-10-7(6)5-1-2-11-4-5/h1-4H,8H2,(H,9,10). The Morgan fingerprint density at radius 1 is 1.55 bits per heavy atom. The van der Waals surface area contributed by atoms with Crippen LogP contribution in [0.4, 0.5) is 5.69 Å². The Labute approximate surface area is 67.9 Å². The van der Waals surface area contributed by atoms with Gasteiger partial charge in [-0.2, -0.15) is 16.4 Å². The fourth-order valence-electron chi connectivity index (χ4n) is 0.933. The van der Waals surface area contributed by atoms with Crippen molar-refractivity contribution in [1.29, 1.82) is 0 Å². The summed E-state index contributed by atoms with van der Waals surface area (Å²) in [4.78, 5) is 0. The van der Waals surface area contributed by atoms with E-state index in [-0.39, 0.29) is 0 Å². The van der Waals surface area contributed by atoms with Gasteiger partial charge in [-0.15, -0.1) is 0 Å². The summed E-state index contributed by atoms with van der Waals surface area (Å²) in [5, 5.41) is 10.7. The summed E-state index contributed by atoms with van der Waals surface area (Å²) < 4.78 is 0. The normalized spacial score (nSPS) is 10.2. The van der Waals surface area contributed by atoms with E-state index in [0.29, 0.717) is 5.69 Å². The van der Waals surface area contributed by atoms with Crippen molar-refractivity contribution in [3.8, 4) is 11.3 Å². The summed E-state index contributed by atoms with van der Waals surface area (Å²) in [6.45, 7) is 0. The number of nitrogens with zero attached hydrogens (tertiary/aromatic N) is 1. The molecule has 0 atom stereocenters. The molecule has 0 spiro atoms. The first-order chi connectivity index (χ1) is 5.38. The second kappa shape index (κ2) is 2.39. The Bertz CT molecular complexity index is 336. The molecule has 2 aromatic heterocycles. The number of rotatable bonds is 1. The molecular weight excluding hydrogens is 158 g/mol. The highest BCUT2D eigenvalue weighted by Crippen LogP contribution is 2.24. The van der Waals surface area contributed by atoms with Crippen molar-refractivity contribution < 1.29 is 0 Å². The Morgan fingerprint density at radius 2 is 2.45 bits per heavy atom. The van der Waals surface area contributed by atoms with E-state index in [1.54, 1.807) is 17.5 Å². The highest BCUT2D eigenvalue weighted by Gasteiger charge is 2.02. The van der Waals surface area contributed by atoms with Crippen LogP contribution in [0, 0.1) is 0 Å². The van der Waals surface area contributed by atoms with Crippen LogP contribution >= 0.6 is 11.3 Å². The maximum absolute atomic E-state index is 5.64. The van der Waals surface area contributed by atoms with Crippen molar-refractivity contribution in [1.82, 2.24) is 10.2 Å². The van der Waals surface area contributed by atoms with E-state index < -0.39 is 0 Å². The summed E-state index contributed by atoms with van der Waals surface area (Å²) in [7, 11) is 0. The molecule has 0 aliphatic rings. The van der Waals surface area contributed by atoms with E-state index in [1.807, 2.05) is 16.8 Å². The maximum Gasteiger partial charge on any atom is 0.0888 e. The molecule has 0 bridgehead atoms. The molecule has 0 amide bonds. The van der Waals surface area contributed by atoms with Crippen molar-refractivity contribution in [2.45, 2.75) is 0 Å². The molecule has 3 nitrogen and oxygen atoms in total. The minimum Gasteiger partial charge on any atom is -0.396 e. The van der Waals surface area contributed by atoms with Gasteiger partial charge in [-0.3, -0.25) is 5.10 Å². The quantitative estimate of drug-likeness (QED) is 0.676. The second-order valence-electron chi connectivity index (χ2n) is 2.21. The number of nitrogens with two attached hydrogens (primary N) is 1. The third kappa shape index (κ3) is 1.01. The van der Waals surface area contributed by atoms with E-state index in [4.69, 9.17) is 5.73 Å². The van der Waals surface area contributed by atoms with Crippen molar-refractivity contribution in [3.05, 3.63) is 23.0 Å². The Hall–Kier alpha value is -1.29. The molecule has 0 aromatic carbocycles. The van der Waals surface area contributed by atoms with Crippen LogP contribution < -0.4 is 5.73 Å². The number of anilines is 1. The fraction of sp³-hybridized carbons (Fsp3) is 0. The van der Waals surface area contributed by atoms with Gasteiger partial charge in [0.15, 0.2) is 0 Å². The zero-order valence-electron chi connectivity index (χ0n) is 5.74. The van der Waals surface area contributed by atoms with Gasteiger partial charge in [-0.05, 0) is 11.4 Å². The first-order valence-electron chi connectivity index (χ1n) is 3.19. The molecule has 2 heterocycles. The first kappa shape index (κ1) is 6.42. The van der Waals surface area contributed by atoms with Gasteiger partial charge in [0, 0.05) is 10.9 Å². The van der Waals surface area contributed by atoms with Crippen molar-refractivity contribution in [2.75, 3.05) is 5.73 Å². The molecule has 0 fully saturated rings. The molecule has 3 N–H and O–H groups in total. The highest BCUT2D eigenvalue weighted by molar-refractivity contribution is 7.08. The number of aromatic nitrogens is 2. The number of hydrogen-bond acceptors (Lipinski definition) is 3. The van der Waals surface area contributed by atoms with Crippen LogP contribution in [-0.4, -0.2) is 10.2 Å². The third-order valence-corrected chi connectivity index (χ3v) is 2.16. The molecule has 0 saturated heterocycles. The molecule has 4 heteroatoms. The van der Waals surface area contributed by atoms with Crippen LogP contribution in [-0.2, 0) is 0 Å². The molecule has 11 heavy (non-hydrogen) atoms.